The van der Waals surface area contributed by atoms with Gasteiger partial charge in [0, 0.05) is 15.6 Å². The van der Waals surface area contributed by atoms with Gasteiger partial charge in [-0.2, -0.15) is 0 Å². The number of halogens is 1. The number of rotatable bonds is 2. The number of amides is 1. The standard InChI is InChI=1S/C22H21BrN2OS/c1-15-11-13-22(14-12-15)24-19(16-5-3-2-4-6-16)21(27)25(22)20(26)17-7-9-18(23)10-8-17/h2-10,15H,11-14H2,1H3. The number of carbonyl (C=O) groups is 1. The fourth-order valence-corrected chi connectivity index (χ4v) is 4.63. The van der Waals surface area contributed by atoms with Gasteiger partial charge in [0.1, 0.15) is 16.4 Å². The van der Waals surface area contributed by atoms with Crippen LogP contribution in [0.2, 0.25) is 0 Å². The molecule has 4 rings (SSSR count). The number of aliphatic imine (C=N–C) groups is 1. The zero-order chi connectivity index (χ0) is 19.0. The summed E-state index contributed by atoms with van der Waals surface area (Å²) in [6.07, 6.45) is 3.82. The second-order valence-corrected chi connectivity index (χ2v) is 8.75. The fraction of sp³-hybridized carbons (Fsp3) is 0.318. The Morgan fingerprint density at radius 3 is 2.37 bits per heavy atom. The van der Waals surface area contributed by atoms with Crippen molar-refractivity contribution in [2.45, 2.75) is 38.3 Å². The van der Waals surface area contributed by atoms with Crippen molar-refractivity contribution < 1.29 is 4.79 Å². The van der Waals surface area contributed by atoms with Gasteiger partial charge in [0.15, 0.2) is 0 Å². The predicted molar refractivity (Wildman–Crippen MR) is 116 cm³/mol. The molecule has 0 N–H and O–H groups in total. The highest BCUT2D eigenvalue weighted by Gasteiger charge is 2.49. The lowest BCUT2D eigenvalue weighted by molar-refractivity contribution is 0.0613. The molecule has 27 heavy (non-hydrogen) atoms. The molecule has 2 aromatic rings. The Balaban J connectivity index is 1.76. The largest absolute Gasteiger partial charge is 0.271 e. The Bertz CT molecular complexity index is 900. The number of nitrogens with zero attached hydrogens (tertiary/aromatic N) is 2. The van der Waals surface area contributed by atoms with E-state index in [0.717, 1.165) is 41.4 Å². The Hall–Kier alpha value is -1.85. The summed E-state index contributed by atoms with van der Waals surface area (Å²) < 4.78 is 0.950. The number of carbonyl (C=O) groups excluding carboxylic acids is 1. The van der Waals surface area contributed by atoms with E-state index in [0.29, 0.717) is 16.5 Å². The van der Waals surface area contributed by atoms with Gasteiger partial charge in [0.2, 0.25) is 0 Å². The van der Waals surface area contributed by atoms with E-state index in [-0.39, 0.29) is 5.91 Å². The molecule has 1 aliphatic heterocycles. The molecular weight excluding hydrogens is 420 g/mol. The minimum absolute atomic E-state index is 0.0586. The molecule has 2 aromatic carbocycles. The van der Waals surface area contributed by atoms with Crippen LogP contribution in [0.25, 0.3) is 0 Å². The van der Waals surface area contributed by atoms with Crippen molar-refractivity contribution in [3.05, 3.63) is 70.2 Å². The lowest BCUT2D eigenvalue weighted by Crippen LogP contribution is -2.51. The minimum atomic E-state index is -0.543. The Kier molecular flexibility index (Phi) is 4.99. The smallest absolute Gasteiger partial charge is 0.260 e. The van der Waals surface area contributed by atoms with E-state index in [2.05, 4.69) is 22.9 Å². The van der Waals surface area contributed by atoms with Crippen molar-refractivity contribution in [3.63, 3.8) is 0 Å². The quantitative estimate of drug-likeness (QED) is 0.566. The normalized spacial score (nSPS) is 25.0. The molecule has 2 aliphatic rings. The SMILES string of the molecule is CC1CCC2(CC1)N=C(c1ccccc1)C(=S)N2C(=O)c1ccc(Br)cc1. The van der Waals surface area contributed by atoms with Crippen LogP contribution in [0, 0.1) is 5.92 Å². The topological polar surface area (TPSA) is 32.7 Å². The first-order valence-corrected chi connectivity index (χ1v) is 10.5. The predicted octanol–water partition coefficient (Wildman–Crippen LogP) is 5.63. The van der Waals surface area contributed by atoms with Gasteiger partial charge < -0.3 is 0 Å². The van der Waals surface area contributed by atoms with E-state index in [1.54, 1.807) is 4.90 Å². The summed E-state index contributed by atoms with van der Waals surface area (Å²) in [6, 6.07) is 17.4. The van der Waals surface area contributed by atoms with Crippen molar-refractivity contribution in [1.29, 1.82) is 0 Å². The third-order valence-electron chi connectivity index (χ3n) is 5.56. The van der Waals surface area contributed by atoms with Crippen molar-refractivity contribution in [3.8, 4) is 0 Å². The van der Waals surface area contributed by atoms with Gasteiger partial charge in [-0.05, 0) is 55.9 Å². The second-order valence-electron chi connectivity index (χ2n) is 7.44. The number of benzene rings is 2. The lowest BCUT2D eigenvalue weighted by Gasteiger charge is -2.40. The van der Waals surface area contributed by atoms with Gasteiger partial charge in [0.25, 0.3) is 5.91 Å². The lowest BCUT2D eigenvalue weighted by atomic mass is 9.82. The van der Waals surface area contributed by atoms with Crippen molar-refractivity contribution in [1.82, 2.24) is 4.90 Å². The maximum absolute atomic E-state index is 13.5. The first-order valence-electron chi connectivity index (χ1n) is 9.30. The molecule has 1 heterocycles. The van der Waals surface area contributed by atoms with E-state index in [9.17, 15) is 4.79 Å². The molecule has 1 aliphatic carbocycles. The average Bonchev–Trinajstić information content (AvgIpc) is 2.97. The molecule has 0 aromatic heterocycles. The summed E-state index contributed by atoms with van der Waals surface area (Å²) in [4.78, 5) is 20.9. The van der Waals surface area contributed by atoms with E-state index in [1.165, 1.54) is 0 Å². The Morgan fingerprint density at radius 2 is 1.74 bits per heavy atom. The van der Waals surface area contributed by atoms with Crippen LogP contribution in [0.15, 0.2) is 64.1 Å². The molecule has 1 amide bonds. The zero-order valence-corrected chi connectivity index (χ0v) is 17.6. The van der Waals surface area contributed by atoms with Crippen molar-refractivity contribution >= 4 is 44.8 Å². The summed E-state index contributed by atoms with van der Waals surface area (Å²) in [7, 11) is 0. The second kappa shape index (κ2) is 7.28. The molecule has 138 valence electrons. The maximum atomic E-state index is 13.5. The highest BCUT2D eigenvalue weighted by atomic mass is 79.9. The summed E-state index contributed by atoms with van der Waals surface area (Å²) in [5.74, 6) is 0.599. The molecule has 1 saturated carbocycles. The molecule has 0 bridgehead atoms. The van der Waals surface area contributed by atoms with Crippen LogP contribution in [0.1, 0.15) is 48.5 Å². The number of thiocarbonyl (C=S) groups is 1. The van der Waals surface area contributed by atoms with Gasteiger partial charge in [-0.1, -0.05) is 65.4 Å². The highest BCUT2D eigenvalue weighted by molar-refractivity contribution is 9.10. The molecule has 1 fully saturated rings. The van der Waals surface area contributed by atoms with Crippen LogP contribution in [-0.4, -0.2) is 27.2 Å². The fourth-order valence-electron chi connectivity index (χ4n) is 3.95. The first kappa shape index (κ1) is 18.5. The average molecular weight is 441 g/mol. The van der Waals surface area contributed by atoms with E-state index >= 15 is 0 Å². The van der Waals surface area contributed by atoms with Crippen LogP contribution >= 0.6 is 28.1 Å². The molecule has 5 heteroatoms. The third-order valence-corrected chi connectivity index (χ3v) is 6.46. The summed E-state index contributed by atoms with van der Waals surface area (Å²) in [6.45, 7) is 2.27. The van der Waals surface area contributed by atoms with Crippen molar-refractivity contribution in [2.75, 3.05) is 0 Å². The molecule has 0 radical (unpaired) electrons. The van der Waals surface area contributed by atoms with Gasteiger partial charge in [0.05, 0.1) is 0 Å². The van der Waals surface area contributed by atoms with Gasteiger partial charge >= 0.3 is 0 Å². The van der Waals surface area contributed by atoms with Gasteiger partial charge in [-0.3, -0.25) is 14.7 Å². The van der Waals surface area contributed by atoms with E-state index < -0.39 is 5.66 Å². The van der Waals surface area contributed by atoms with Crippen molar-refractivity contribution in [2.24, 2.45) is 10.9 Å². The maximum Gasteiger partial charge on any atom is 0.260 e. The molecule has 0 atom stereocenters. The first-order chi connectivity index (χ1) is 13.0. The monoisotopic (exact) mass is 440 g/mol. The molecule has 3 nitrogen and oxygen atoms in total. The molecule has 0 unspecified atom stereocenters. The molecule has 0 saturated heterocycles. The minimum Gasteiger partial charge on any atom is -0.271 e. The van der Waals surface area contributed by atoms with E-state index in [1.807, 2.05) is 54.6 Å². The Labute approximate surface area is 173 Å². The third kappa shape index (κ3) is 3.39. The van der Waals surface area contributed by atoms with Gasteiger partial charge in [-0.25, -0.2) is 0 Å². The van der Waals surface area contributed by atoms with Crippen LogP contribution < -0.4 is 0 Å². The zero-order valence-electron chi connectivity index (χ0n) is 15.2. The van der Waals surface area contributed by atoms with Crippen LogP contribution in [-0.2, 0) is 0 Å². The van der Waals surface area contributed by atoms with Crippen LogP contribution in [0.3, 0.4) is 0 Å². The van der Waals surface area contributed by atoms with Crippen LogP contribution in [0.4, 0.5) is 0 Å². The van der Waals surface area contributed by atoms with Crippen LogP contribution in [0.5, 0.6) is 0 Å². The summed E-state index contributed by atoms with van der Waals surface area (Å²) in [5.41, 5.74) is 1.85. The molecule has 1 spiro atoms. The summed E-state index contributed by atoms with van der Waals surface area (Å²) >= 11 is 9.23. The number of hydrogen-bond acceptors (Lipinski definition) is 3. The van der Waals surface area contributed by atoms with E-state index in [4.69, 9.17) is 17.2 Å². The molecular formula is C22H21BrN2OS. The number of hydrogen-bond donors (Lipinski definition) is 0. The highest BCUT2D eigenvalue weighted by Crippen LogP contribution is 2.42. The Morgan fingerprint density at radius 1 is 1.11 bits per heavy atom. The van der Waals surface area contributed by atoms with Gasteiger partial charge in [-0.15, -0.1) is 0 Å². The summed E-state index contributed by atoms with van der Waals surface area (Å²) in [5, 5.41) is 0.